The van der Waals surface area contributed by atoms with Crippen LogP contribution < -0.4 is 10.6 Å². The van der Waals surface area contributed by atoms with Crippen molar-refractivity contribution in [1.82, 2.24) is 4.98 Å². The number of rotatable bonds is 2. The second-order valence-corrected chi connectivity index (χ2v) is 4.77. The molecule has 1 atom stereocenters. The molecule has 0 saturated carbocycles. The summed E-state index contributed by atoms with van der Waals surface area (Å²) >= 11 is 9.35. The van der Waals surface area contributed by atoms with Gasteiger partial charge >= 0.3 is 0 Å². The summed E-state index contributed by atoms with van der Waals surface area (Å²) in [6.45, 7) is 0.639. The van der Waals surface area contributed by atoms with Crippen molar-refractivity contribution in [2.45, 2.75) is 6.42 Å². The van der Waals surface area contributed by atoms with Crippen LogP contribution in [0.4, 0.5) is 11.4 Å². The first-order valence-electron chi connectivity index (χ1n) is 4.89. The number of carbonyl (C=O) groups is 1. The Hall–Kier alpha value is -0.810. The van der Waals surface area contributed by atoms with Gasteiger partial charge in [0.05, 0.1) is 5.69 Å². The Kier molecular flexibility index (Phi) is 3.35. The minimum Gasteiger partial charge on any atom is -0.397 e. The van der Waals surface area contributed by atoms with Gasteiger partial charge in [-0.2, -0.15) is 0 Å². The molecule has 86 valence electrons. The monoisotopic (exact) mass is 303 g/mol. The molecule has 1 aromatic heterocycles. The van der Waals surface area contributed by atoms with Crippen molar-refractivity contribution in [3.8, 4) is 0 Å². The zero-order chi connectivity index (χ0) is 11.7. The molecular weight excluding hydrogens is 293 g/mol. The summed E-state index contributed by atoms with van der Waals surface area (Å²) in [5.41, 5.74) is 6.85. The maximum atomic E-state index is 11.8. The van der Waals surface area contributed by atoms with Gasteiger partial charge < -0.3 is 10.6 Å². The molecule has 1 saturated heterocycles. The van der Waals surface area contributed by atoms with Crippen molar-refractivity contribution >= 4 is 44.8 Å². The lowest BCUT2D eigenvalue weighted by atomic mass is 10.2. The Balaban J connectivity index is 2.35. The Morgan fingerprint density at radius 3 is 3.00 bits per heavy atom. The van der Waals surface area contributed by atoms with Crippen molar-refractivity contribution in [1.29, 1.82) is 0 Å². The molecule has 1 unspecified atom stereocenters. The van der Waals surface area contributed by atoms with Gasteiger partial charge in [-0.1, -0.05) is 27.5 Å². The van der Waals surface area contributed by atoms with Crippen LogP contribution in [0, 0.1) is 5.92 Å². The zero-order valence-corrected chi connectivity index (χ0v) is 10.8. The van der Waals surface area contributed by atoms with E-state index in [9.17, 15) is 4.79 Å². The van der Waals surface area contributed by atoms with Crippen LogP contribution >= 0.6 is 27.5 Å². The number of amides is 1. The number of pyridine rings is 1. The highest BCUT2D eigenvalue weighted by molar-refractivity contribution is 9.09. The van der Waals surface area contributed by atoms with Crippen molar-refractivity contribution in [2.75, 3.05) is 22.5 Å². The fourth-order valence-corrected chi connectivity index (χ4v) is 2.51. The van der Waals surface area contributed by atoms with Crippen LogP contribution in [0.1, 0.15) is 6.42 Å². The predicted molar refractivity (Wildman–Crippen MR) is 67.9 cm³/mol. The van der Waals surface area contributed by atoms with Crippen LogP contribution in [-0.4, -0.2) is 22.8 Å². The molecule has 0 bridgehead atoms. The molecule has 1 aromatic rings. The van der Waals surface area contributed by atoms with Gasteiger partial charge in [-0.15, -0.1) is 0 Å². The van der Waals surface area contributed by atoms with Crippen molar-refractivity contribution in [2.24, 2.45) is 5.92 Å². The highest BCUT2D eigenvalue weighted by Crippen LogP contribution is 2.34. The number of alkyl halides is 1. The topological polar surface area (TPSA) is 59.2 Å². The summed E-state index contributed by atoms with van der Waals surface area (Å²) in [5.74, 6) is 0.356. The average molecular weight is 305 g/mol. The van der Waals surface area contributed by atoms with E-state index < -0.39 is 0 Å². The highest BCUT2D eigenvalue weighted by atomic mass is 79.9. The van der Waals surface area contributed by atoms with E-state index >= 15 is 0 Å². The molecule has 1 fully saturated rings. The third-order valence-corrected chi connectivity index (χ3v) is 3.80. The van der Waals surface area contributed by atoms with Crippen LogP contribution in [0.3, 0.4) is 0 Å². The molecule has 6 heteroatoms. The third-order valence-electron chi connectivity index (χ3n) is 2.60. The molecule has 1 aliphatic heterocycles. The second-order valence-electron chi connectivity index (χ2n) is 3.77. The first kappa shape index (κ1) is 11.7. The number of nitrogens with two attached hydrogens (primary N) is 1. The van der Waals surface area contributed by atoms with Crippen molar-refractivity contribution in [3.05, 3.63) is 17.4 Å². The van der Waals surface area contributed by atoms with E-state index in [1.807, 2.05) is 0 Å². The van der Waals surface area contributed by atoms with E-state index in [0.717, 1.165) is 5.33 Å². The maximum absolute atomic E-state index is 11.8. The van der Waals surface area contributed by atoms with E-state index in [0.29, 0.717) is 30.3 Å². The Labute approximate surface area is 107 Å². The normalized spacial score (nSPS) is 20.5. The summed E-state index contributed by atoms with van der Waals surface area (Å²) < 4.78 is 0. The summed E-state index contributed by atoms with van der Waals surface area (Å²) in [7, 11) is 0. The molecular formula is C10H11BrClN3O. The maximum Gasteiger partial charge on any atom is 0.227 e. The number of aromatic nitrogens is 1. The third kappa shape index (κ3) is 2.01. The zero-order valence-electron chi connectivity index (χ0n) is 8.49. The molecule has 0 aliphatic carbocycles. The fourth-order valence-electron chi connectivity index (χ4n) is 1.81. The van der Waals surface area contributed by atoms with Crippen molar-refractivity contribution < 1.29 is 4.79 Å². The molecule has 16 heavy (non-hydrogen) atoms. The lowest BCUT2D eigenvalue weighted by Gasteiger charge is -2.19. The SMILES string of the molecule is Nc1ccnc(Cl)c1N1CC(CBr)CC1=O. The fraction of sp³-hybridized carbons (Fsp3) is 0.400. The van der Waals surface area contributed by atoms with Crippen LogP contribution in [0.5, 0.6) is 0 Å². The van der Waals surface area contributed by atoms with E-state index in [1.54, 1.807) is 11.0 Å². The molecule has 1 amide bonds. The average Bonchev–Trinajstić information content (AvgIpc) is 2.60. The molecule has 2 N–H and O–H groups in total. The standard InChI is InChI=1S/C10H11BrClN3O/c11-4-6-3-8(16)15(5-6)9-7(13)1-2-14-10(9)12/h1-2,6H,3-5H2,(H2,13,14). The number of hydrogen-bond donors (Lipinski definition) is 1. The number of carbonyl (C=O) groups excluding carboxylic acids is 1. The Morgan fingerprint density at radius 2 is 2.44 bits per heavy atom. The number of halogens is 2. The summed E-state index contributed by atoms with van der Waals surface area (Å²) in [5, 5.41) is 1.08. The second kappa shape index (κ2) is 4.59. The summed E-state index contributed by atoms with van der Waals surface area (Å²) in [6.07, 6.45) is 2.06. The van der Waals surface area contributed by atoms with Gasteiger partial charge in [-0.25, -0.2) is 4.98 Å². The molecule has 0 spiro atoms. The summed E-state index contributed by atoms with van der Waals surface area (Å²) in [4.78, 5) is 17.4. The first-order chi connectivity index (χ1) is 7.63. The van der Waals surface area contributed by atoms with Crippen LogP contribution in [0.2, 0.25) is 5.15 Å². The molecule has 1 aliphatic rings. The van der Waals surface area contributed by atoms with Gasteiger partial charge in [0.2, 0.25) is 5.91 Å². The van der Waals surface area contributed by atoms with Crippen LogP contribution in [-0.2, 0) is 4.79 Å². The summed E-state index contributed by atoms with van der Waals surface area (Å²) in [6, 6.07) is 1.65. The van der Waals surface area contributed by atoms with E-state index in [1.165, 1.54) is 6.20 Å². The van der Waals surface area contributed by atoms with Gasteiger partial charge in [0.15, 0.2) is 5.15 Å². The number of nitrogens with zero attached hydrogens (tertiary/aromatic N) is 2. The molecule has 4 nitrogen and oxygen atoms in total. The van der Waals surface area contributed by atoms with E-state index in [4.69, 9.17) is 17.3 Å². The Bertz CT molecular complexity index is 406. The lowest BCUT2D eigenvalue weighted by Crippen LogP contribution is -2.26. The minimum atomic E-state index is 0.0473. The number of nitrogen functional groups attached to an aromatic ring is 1. The van der Waals surface area contributed by atoms with Gasteiger partial charge in [0.25, 0.3) is 0 Å². The minimum absolute atomic E-state index is 0.0473. The number of hydrogen-bond acceptors (Lipinski definition) is 3. The molecule has 2 heterocycles. The smallest absolute Gasteiger partial charge is 0.227 e. The van der Waals surface area contributed by atoms with Gasteiger partial charge in [-0.3, -0.25) is 4.79 Å². The number of anilines is 2. The van der Waals surface area contributed by atoms with E-state index in [-0.39, 0.29) is 11.1 Å². The quantitative estimate of drug-likeness (QED) is 0.672. The Morgan fingerprint density at radius 1 is 1.69 bits per heavy atom. The molecule has 0 aromatic carbocycles. The highest BCUT2D eigenvalue weighted by Gasteiger charge is 2.32. The largest absolute Gasteiger partial charge is 0.397 e. The predicted octanol–water partition coefficient (Wildman–Crippen LogP) is 2.06. The molecule has 0 radical (unpaired) electrons. The van der Waals surface area contributed by atoms with Crippen molar-refractivity contribution in [3.63, 3.8) is 0 Å². The van der Waals surface area contributed by atoms with E-state index in [2.05, 4.69) is 20.9 Å². The van der Waals surface area contributed by atoms with Crippen LogP contribution in [0.25, 0.3) is 0 Å². The van der Waals surface area contributed by atoms with Gasteiger partial charge in [0, 0.05) is 24.5 Å². The molecule has 2 rings (SSSR count). The first-order valence-corrected chi connectivity index (χ1v) is 6.39. The van der Waals surface area contributed by atoms with Gasteiger partial charge in [0.1, 0.15) is 5.69 Å². The van der Waals surface area contributed by atoms with Gasteiger partial charge in [-0.05, 0) is 12.0 Å². The van der Waals surface area contributed by atoms with Crippen LogP contribution in [0.15, 0.2) is 12.3 Å². The lowest BCUT2D eigenvalue weighted by molar-refractivity contribution is -0.117.